The molecule has 9 heteroatoms. The first-order valence-electron chi connectivity index (χ1n) is 14.1. The molecule has 3 saturated heterocycles. The van der Waals surface area contributed by atoms with Crippen LogP contribution < -0.4 is 9.80 Å². The lowest BCUT2D eigenvalue weighted by Gasteiger charge is -2.39. The Morgan fingerprint density at radius 3 is 2.39 bits per heavy atom. The Bertz CT molecular complexity index is 1330. The normalized spacial score (nSPS) is 26.9. The number of likely N-dealkylation sites (tertiary alicyclic amines) is 1. The van der Waals surface area contributed by atoms with Gasteiger partial charge in [0.15, 0.2) is 0 Å². The number of halogens is 1. The lowest BCUT2D eigenvalue weighted by molar-refractivity contribution is -0.144. The second-order valence-corrected chi connectivity index (χ2v) is 11.2. The number of aliphatic hydroxyl groups excluding tert-OH is 1. The maximum absolute atomic E-state index is 14.6. The lowest BCUT2D eigenvalue weighted by Crippen LogP contribution is -2.59. The summed E-state index contributed by atoms with van der Waals surface area (Å²) in [6.45, 7) is 9.62. The molecule has 5 rings (SSSR count). The summed E-state index contributed by atoms with van der Waals surface area (Å²) in [7, 11) is 0. The third-order valence-corrected chi connectivity index (χ3v) is 9.02. The number of amides is 3. The van der Waals surface area contributed by atoms with Gasteiger partial charge in [0.25, 0.3) is 5.91 Å². The molecule has 2 unspecified atom stereocenters. The molecule has 41 heavy (non-hydrogen) atoms. The van der Waals surface area contributed by atoms with Gasteiger partial charge in [-0.1, -0.05) is 61.0 Å². The fourth-order valence-electron chi connectivity index (χ4n) is 6.95. The quantitative estimate of drug-likeness (QED) is 0.404. The fraction of sp³-hybridized carbons (Fsp3) is 0.406. The molecule has 3 aliphatic rings. The summed E-state index contributed by atoms with van der Waals surface area (Å²) in [5.41, 5.74) is -0.0227. The molecule has 8 nitrogen and oxygen atoms in total. The second kappa shape index (κ2) is 11.8. The number of benzene rings is 2. The number of hydrogen-bond donors (Lipinski definition) is 1. The first-order chi connectivity index (χ1) is 19.8. The standard InChI is InChI=1S/C32H36ClN3O5/c1-4-18-34(22-12-8-7-9-13-22)29(38)26-25-16-17-32(41-25)27(26)30(39)36(21(6-3)20-37)28(32)31(40)35(19-5-2)24-15-11-10-14-23(24)33/h4-5,7-15,21,25-28,37H,1-2,6,16-20H2,3H3/t21-,25-,26+,27-,28?,32?/m0/s1. The van der Waals surface area contributed by atoms with Crippen molar-refractivity contribution in [2.45, 2.75) is 50.0 Å². The molecule has 2 aromatic carbocycles. The predicted molar refractivity (Wildman–Crippen MR) is 159 cm³/mol. The van der Waals surface area contributed by atoms with E-state index < -0.39 is 35.6 Å². The zero-order chi connectivity index (χ0) is 29.3. The minimum atomic E-state index is -1.21. The van der Waals surface area contributed by atoms with E-state index in [0.717, 1.165) is 0 Å². The number of para-hydroxylation sites is 2. The Hall–Kier alpha value is -3.46. The van der Waals surface area contributed by atoms with Crippen molar-refractivity contribution < 1.29 is 24.2 Å². The van der Waals surface area contributed by atoms with Crippen LogP contribution in [-0.2, 0) is 19.1 Å². The highest BCUT2D eigenvalue weighted by Crippen LogP contribution is 2.59. The number of fused-ring (bicyclic) bond motifs is 1. The highest BCUT2D eigenvalue weighted by molar-refractivity contribution is 6.34. The van der Waals surface area contributed by atoms with Crippen LogP contribution in [0.4, 0.5) is 11.4 Å². The second-order valence-electron chi connectivity index (χ2n) is 10.8. The van der Waals surface area contributed by atoms with Crippen LogP contribution in [0.5, 0.6) is 0 Å². The average molecular weight is 578 g/mol. The predicted octanol–water partition coefficient (Wildman–Crippen LogP) is 4.22. The molecule has 3 amide bonds. The van der Waals surface area contributed by atoms with Crippen molar-refractivity contribution in [3.05, 3.63) is 84.9 Å². The number of hydrogen-bond acceptors (Lipinski definition) is 5. The van der Waals surface area contributed by atoms with Gasteiger partial charge in [0, 0.05) is 18.8 Å². The Kier molecular flexibility index (Phi) is 8.36. The number of carbonyl (C=O) groups is 3. The van der Waals surface area contributed by atoms with Gasteiger partial charge in [-0.2, -0.15) is 0 Å². The molecule has 3 heterocycles. The topological polar surface area (TPSA) is 90.4 Å². The van der Waals surface area contributed by atoms with Crippen molar-refractivity contribution in [1.82, 2.24) is 4.90 Å². The van der Waals surface area contributed by atoms with Crippen molar-refractivity contribution in [3.63, 3.8) is 0 Å². The number of anilines is 2. The molecular weight excluding hydrogens is 542 g/mol. The summed E-state index contributed by atoms with van der Waals surface area (Å²) < 4.78 is 6.63. The van der Waals surface area contributed by atoms with E-state index in [1.54, 1.807) is 41.3 Å². The molecule has 2 bridgehead atoms. The van der Waals surface area contributed by atoms with Crippen molar-refractivity contribution in [2.24, 2.45) is 11.8 Å². The van der Waals surface area contributed by atoms with Crippen LogP contribution in [0.2, 0.25) is 5.02 Å². The minimum absolute atomic E-state index is 0.157. The smallest absolute Gasteiger partial charge is 0.253 e. The van der Waals surface area contributed by atoms with Gasteiger partial charge >= 0.3 is 0 Å². The SMILES string of the molecule is C=CCN(C(=O)[C@@H]1[C@@H]2CCC3(O2)C(C(=O)N(CC=C)c2ccccc2Cl)N([C@@H](CC)CO)C(=O)[C@H]13)c1ccccc1. The number of carbonyl (C=O) groups excluding carboxylic acids is 3. The molecule has 2 aromatic rings. The molecular formula is C32H36ClN3O5. The summed E-state index contributed by atoms with van der Waals surface area (Å²) in [6, 6.07) is 14.6. The Labute approximate surface area is 245 Å². The van der Waals surface area contributed by atoms with Crippen molar-refractivity contribution in [3.8, 4) is 0 Å². The van der Waals surface area contributed by atoms with Gasteiger partial charge in [0.05, 0.1) is 41.3 Å². The Balaban J connectivity index is 1.60. The summed E-state index contributed by atoms with van der Waals surface area (Å²) in [5.74, 6) is -2.59. The Morgan fingerprint density at radius 1 is 1.10 bits per heavy atom. The average Bonchev–Trinajstić information content (AvgIpc) is 3.63. The third-order valence-electron chi connectivity index (χ3n) is 8.70. The van der Waals surface area contributed by atoms with Gasteiger partial charge < -0.3 is 24.5 Å². The van der Waals surface area contributed by atoms with Crippen molar-refractivity contribution >= 4 is 40.7 Å². The van der Waals surface area contributed by atoms with E-state index in [0.29, 0.717) is 35.7 Å². The largest absolute Gasteiger partial charge is 0.394 e. The Morgan fingerprint density at radius 2 is 1.76 bits per heavy atom. The number of aliphatic hydroxyl groups is 1. The van der Waals surface area contributed by atoms with Gasteiger partial charge in [-0.25, -0.2) is 0 Å². The van der Waals surface area contributed by atoms with E-state index >= 15 is 0 Å². The van der Waals surface area contributed by atoms with Gasteiger partial charge in [-0.3, -0.25) is 14.4 Å². The molecule has 1 spiro atoms. The van der Waals surface area contributed by atoms with Crippen LogP contribution >= 0.6 is 11.6 Å². The van der Waals surface area contributed by atoms with Gasteiger partial charge in [0.1, 0.15) is 11.6 Å². The van der Waals surface area contributed by atoms with Gasteiger partial charge in [-0.15, -0.1) is 13.2 Å². The third kappa shape index (κ3) is 4.68. The van der Waals surface area contributed by atoms with E-state index in [-0.39, 0.29) is 37.4 Å². The van der Waals surface area contributed by atoms with Crippen LogP contribution in [-0.4, -0.2) is 71.2 Å². The van der Waals surface area contributed by atoms with Crippen LogP contribution in [0, 0.1) is 11.8 Å². The van der Waals surface area contributed by atoms with E-state index in [1.807, 2.05) is 37.3 Å². The van der Waals surface area contributed by atoms with E-state index in [4.69, 9.17) is 16.3 Å². The molecule has 216 valence electrons. The van der Waals surface area contributed by atoms with E-state index in [9.17, 15) is 19.5 Å². The van der Waals surface area contributed by atoms with E-state index in [1.165, 1.54) is 9.80 Å². The molecule has 3 aliphatic heterocycles. The molecule has 0 saturated carbocycles. The summed E-state index contributed by atoms with van der Waals surface area (Å²) >= 11 is 6.52. The van der Waals surface area contributed by atoms with Crippen LogP contribution in [0.3, 0.4) is 0 Å². The summed E-state index contributed by atoms with van der Waals surface area (Å²) in [6.07, 6.45) is 4.16. The molecule has 3 fully saturated rings. The minimum Gasteiger partial charge on any atom is -0.394 e. The van der Waals surface area contributed by atoms with Crippen LogP contribution in [0.25, 0.3) is 0 Å². The molecule has 0 aromatic heterocycles. The highest BCUT2D eigenvalue weighted by Gasteiger charge is 2.75. The summed E-state index contributed by atoms with van der Waals surface area (Å²) in [4.78, 5) is 47.9. The van der Waals surface area contributed by atoms with Crippen molar-refractivity contribution in [2.75, 3.05) is 29.5 Å². The maximum atomic E-state index is 14.6. The lowest BCUT2D eigenvalue weighted by atomic mass is 9.70. The fourth-order valence-corrected chi connectivity index (χ4v) is 7.19. The highest BCUT2D eigenvalue weighted by atomic mass is 35.5. The summed E-state index contributed by atoms with van der Waals surface area (Å²) in [5, 5.41) is 10.7. The zero-order valence-corrected chi connectivity index (χ0v) is 24.0. The molecule has 0 aliphatic carbocycles. The monoisotopic (exact) mass is 577 g/mol. The number of ether oxygens (including phenoxy) is 1. The molecule has 6 atom stereocenters. The van der Waals surface area contributed by atoms with Crippen molar-refractivity contribution in [1.29, 1.82) is 0 Å². The van der Waals surface area contributed by atoms with Gasteiger partial charge in [0.2, 0.25) is 11.8 Å². The number of rotatable bonds is 11. The van der Waals surface area contributed by atoms with Crippen LogP contribution in [0.15, 0.2) is 79.9 Å². The maximum Gasteiger partial charge on any atom is 0.253 e. The van der Waals surface area contributed by atoms with Gasteiger partial charge in [-0.05, 0) is 43.5 Å². The first-order valence-corrected chi connectivity index (χ1v) is 14.5. The zero-order valence-electron chi connectivity index (χ0n) is 23.2. The molecule has 1 N–H and O–H groups in total. The first kappa shape index (κ1) is 29.0. The van der Waals surface area contributed by atoms with Crippen LogP contribution in [0.1, 0.15) is 26.2 Å². The number of nitrogens with zero attached hydrogens (tertiary/aromatic N) is 3. The molecule has 0 radical (unpaired) electrons. The van der Waals surface area contributed by atoms with E-state index in [2.05, 4.69) is 13.2 Å².